The van der Waals surface area contributed by atoms with Crippen LogP contribution >= 0.6 is 0 Å². The molecule has 1 N–H and O–H groups in total. The van der Waals surface area contributed by atoms with Crippen LogP contribution in [0.2, 0.25) is 0 Å². The summed E-state index contributed by atoms with van der Waals surface area (Å²) in [5.74, 6) is -0.572. The number of carbonyl (C=O) groups excluding carboxylic acids is 2. The Labute approximate surface area is 449 Å². The number of unbranched alkanes of at least 4 members (excludes halogenated alkanes) is 44. The molecule has 0 aromatic heterocycles. The first kappa shape index (κ1) is 69.9. The van der Waals surface area contributed by atoms with E-state index in [9.17, 15) is 14.7 Å². The second-order valence-electron chi connectivity index (χ2n) is 21.8. The molecule has 0 aliphatic heterocycles. The highest BCUT2D eigenvalue weighted by Crippen LogP contribution is 2.18. The zero-order chi connectivity index (χ0) is 52.0. The van der Waals surface area contributed by atoms with Gasteiger partial charge < -0.3 is 14.6 Å². The lowest BCUT2D eigenvalue weighted by Crippen LogP contribution is -2.28. The Morgan fingerprint density at radius 3 is 0.819 bits per heavy atom. The van der Waals surface area contributed by atoms with Crippen LogP contribution < -0.4 is 0 Å². The van der Waals surface area contributed by atoms with Gasteiger partial charge in [-0.1, -0.05) is 306 Å². The molecule has 5 heteroatoms. The van der Waals surface area contributed by atoms with Gasteiger partial charge in [-0.15, -0.1) is 0 Å². The van der Waals surface area contributed by atoms with Crippen molar-refractivity contribution in [3.63, 3.8) is 0 Å². The van der Waals surface area contributed by atoms with Crippen molar-refractivity contribution in [3.8, 4) is 0 Å². The summed E-state index contributed by atoms with van der Waals surface area (Å²) >= 11 is 0. The van der Waals surface area contributed by atoms with Gasteiger partial charge in [0.2, 0.25) is 0 Å². The van der Waals surface area contributed by atoms with Crippen LogP contribution in [0.3, 0.4) is 0 Å². The van der Waals surface area contributed by atoms with Crippen LogP contribution in [-0.4, -0.2) is 36.4 Å². The van der Waals surface area contributed by atoms with Crippen molar-refractivity contribution in [3.05, 3.63) is 48.6 Å². The molecule has 72 heavy (non-hydrogen) atoms. The minimum atomic E-state index is -0.771. The Hall–Kier alpha value is -2.14. The van der Waals surface area contributed by atoms with E-state index in [1.54, 1.807) is 0 Å². The van der Waals surface area contributed by atoms with Crippen molar-refractivity contribution >= 4 is 11.9 Å². The van der Waals surface area contributed by atoms with Gasteiger partial charge in [0.05, 0.1) is 6.61 Å². The third-order valence-electron chi connectivity index (χ3n) is 14.6. The number of hydrogen-bond acceptors (Lipinski definition) is 5. The zero-order valence-corrected chi connectivity index (χ0v) is 48.5. The van der Waals surface area contributed by atoms with Gasteiger partial charge in [-0.3, -0.25) is 9.59 Å². The average Bonchev–Trinajstić information content (AvgIpc) is 3.38. The van der Waals surface area contributed by atoms with E-state index in [2.05, 4.69) is 62.5 Å². The van der Waals surface area contributed by atoms with Crippen LogP contribution in [0.4, 0.5) is 0 Å². The number of carbonyl (C=O) groups is 2. The molecule has 1 atom stereocenters. The highest BCUT2D eigenvalue weighted by atomic mass is 16.6. The summed E-state index contributed by atoms with van der Waals surface area (Å²) in [7, 11) is 0. The van der Waals surface area contributed by atoms with Crippen molar-refractivity contribution in [2.24, 2.45) is 0 Å². The number of hydrogen-bond donors (Lipinski definition) is 1. The highest BCUT2D eigenvalue weighted by molar-refractivity contribution is 5.70. The number of rotatable bonds is 60. The fraction of sp³-hybridized carbons (Fsp3) is 0.851. The molecule has 0 bridgehead atoms. The molecule has 0 fully saturated rings. The molecule has 1 unspecified atom stereocenters. The van der Waals surface area contributed by atoms with E-state index in [4.69, 9.17) is 9.47 Å². The molecule has 0 saturated heterocycles. The Morgan fingerprint density at radius 2 is 0.556 bits per heavy atom. The predicted molar refractivity (Wildman–Crippen MR) is 316 cm³/mol. The average molecular weight is 1010 g/mol. The molecule has 0 saturated carbocycles. The minimum Gasteiger partial charge on any atom is -0.462 e. The number of esters is 2. The second kappa shape index (κ2) is 63.2. The predicted octanol–water partition coefficient (Wildman–Crippen LogP) is 22.0. The molecular formula is C67H124O5. The van der Waals surface area contributed by atoms with Crippen molar-refractivity contribution < 1.29 is 24.2 Å². The summed E-state index contributed by atoms with van der Waals surface area (Å²) in [5, 5.41) is 9.68. The van der Waals surface area contributed by atoms with E-state index in [0.29, 0.717) is 12.8 Å². The zero-order valence-electron chi connectivity index (χ0n) is 48.5. The highest BCUT2D eigenvalue weighted by Gasteiger charge is 2.16. The topological polar surface area (TPSA) is 72.8 Å². The van der Waals surface area contributed by atoms with Crippen molar-refractivity contribution in [1.82, 2.24) is 0 Å². The summed E-state index contributed by atoms with van der Waals surface area (Å²) in [6, 6.07) is 0. The maximum absolute atomic E-state index is 12.3. The molecule has 0 radical (unpaired) electrons. The molecule has 0 aromatic carbocycles. The van der Waals surface area contributed by atoms with Crippen LogP contribution in [0, 0.1) is 0 Å². The first-order valence-corrected chi connectivity index (χ1v) is 32.2. The molecule has 5 nitrogen and oxygen atoms in total. The Morgan fingerprint density at radius 1 is 0.319 bits per heavy atom. The molecule has 0 spiro atoms. The molecule has 0 aromatic rings. The van der Waals surface area contributed by atoms with Gasteiger partial charge in [0.25, 0.3) is 0 Å². The third kappa shape index (κ3) is 60.4. The van der Waals surface area contributed by atoms with E-state index >= 15 is 0 Å². The Balaban J connectivity index is 3.42. The van der Waals surface area contributed by atoms with Crippen molar-refractivity contribution in [1.29, 1.82) is 0 Å². The summed E-state index contributed by atoms with van der Waals surface area (Å²) in [6.07, 6.45) is 84.0. The van der Waals surface area contributed by atoms with Gasteiger partial charge in [-0.2, -0.15) is 0 Å². The lowest BCUT2D eigenvalue weighted by molar-refractivity contribution is -0.161. The molecule has 0 amide bonds. The smallest absolute Gasteiger partial charge is 0.306 e. The Bertz CT molecular complexity index is 1190. The van der Waals surface area contributed by atoms with Gasteiger partial charge in [-0.25, -0.2) is 0 Å². The fourth-order valence-electron chi connectivity index (χ4n) is 9.74. The molecular weight excluding hydrogens is 885 g/mol. The van der Waals surface area contributed by atoms with E-state index in [-0.39, 0.29) is 25.2 Å². The number of aliphatic hydroxyl groups excluding tert-OH is 1. The molecule has 422 valence electrons. The molecule has 0 heterocycles. The lowest BCUT2D eigenvalue weighted by Gasteiger charge is -2.15. The van der Waals surface area contributed by atoms with Gasteiger partial charge in [-0.05, 0) is 77.0 Å². The first-order valence-electron chi connectivity index (χ1n) is 32.2. The van der Waals surface area contributed by atoms with Gasteiger partial charge in [0, 0.05) is 12.8 Å². The monoisotopic (exact) mass is 1010 g/mol. The van der Waals surface area contributed by atoms with Gasteiger partial charge in [0.1, 0.15) is 6.61 Å². The maximum atomic E-state index is 12.3. The normalized spacial score (nSPS) is 12.4. The second-order valence-corrected chi connectivity index (χ2v) is 21.8. The first-order chi connectivity index (χ1) is 35.6. The standard InChI is InChI=1S/C67H124O5/c1-3-5-7-9-11-13-15-17-19-21-23-25-27-29-31-33-35-37-39-41-43-45-47-49-51-53-55-57-59-61-66(69)71-64-65(63-68)72-67(70)62-60-58-56-54-52-50-48-46-44-42-40-38-36-34-32-30-28-26-24-22-20-18-16-14-12-10-8-6-4-2/h15-18,21-24,65,68H,3-14,19-20,25-64H2,1-2H3/b17-15-,18-16-,23-21-,24-22-. The summed E-state index contributed by atoms with van der Waals surface area (Å²) in [4.78, 5) is 24.6. The van der Waals surface area contributed by atoms with Crippen LogP contribution in [-0.2, 0) is 19.1 Å². The van der Waals surface area contributed by atoms with E-state index < -0.39 is 6.10 Å². The number of allylic oxidation sites excluding steroid dienone is 8. The summed E-state index contributed by atoms with van der Waals surface area (Å²) in [5.41, 5.74) is 0. The maximum Gasteiger partial charge on any atom is 0.306 e. The van der Waals surface area contributed by atoms with Crippen molar-refractivity contribution in [2.45, 2.75) is 354 Å². The Kier molecular flexibility index (Phi) is 61.3. The van der Waals surface area contributed by atoms with Crippen LogP contribution in [0.25, 0.3) is 0 Å². The third-order valence-corrected chi connectivity index (χ3v) is 14.6. The number of ether oxygens (including phenoxy) is 2. The van der Waals surface area contributed by atoms with Crippen molar-refractivity contribution in [2.75, 3.05) is 13.2 Å². The molecule has 0 aliphatic carbocycles. The van der Waals surface area contributed by atoms with Gasteiger partial charge >= 0.3 is 11.9 Å². The van der Waals surface area contributed by atoms with Crippen LogP contribution in [0.5, 0.6) is 0 Å². The molecule has 0 aliphatic rings. The van der Waals surface area contributed by atoms with E-state index in [1.807, 2.05) is 0 Å². The SMILES string of the molecule is CCCCCCC/C=C\C/C=C\CCCCCCCCCCCCCCCCCCCC(=O)OCC(CO)OC(=O)CCCCCCCCCCCCCCCCCCC/C=C\C/C=C\CCCCCCC. The number of aliphatic hydroxyl groups is 1. The summed E-state index contributed by atoms with van der Waals surface area (Å²) in [6.45, 7) is 4.17. The summed E-state index contributed by atoms with van der Waals surface area (Å²) < 4.78 is 10.7. The quantitative estimate of drug-likeness (QED) is 0.0373. The van der Waals surface area contributed by atoms with E-state index in [1.165, 1.54) is 270 Å². The largest absolute Gasteiger partial charge is 0.462 e. The van der Waals surface area contributed by atoms with E-state index in [0.717, 1.165) is 51.4 Å². The minimum absolute atomic E-state index is 0.0616. The van der Waals surface area contributed by atoms with Gasteiger partial charge in [0.15, 0.2) is 6.10 Å². The molecule has 0 rings (SSSR count). The van der Waals surface area contributed by atoms with Crippen LogP contribution in [0.15, 0.2) is 48.6 Å². The fourth-order valence-corrected chi connectivity index (χ4v) is 9.74. The van der Waals surface area contributed by atoms with Crippen LogP contribution in [0.1, 0.15) is 348 Å². The lowest BCUT2D eigenvalue weighted by atomic mass is 10.0.